The van der Waals surface area contributed by atoms with Crippen LogP contribution in [0.3, 0.4) is 0 Å². The molecular weight excluding hydrogens is 562 g/mol. The first-order valence-electron chi connectivity index (χ1n) is 9.24. The van der Waals surface area contributed by atoms with Crippen molar-refractivity contribution in [1.29, 1.82) is 0 Å². The zero-order valence-electron chi connectivity index (χ0n) is 16.9. The van der Waals surface area contributed by atoms with Crippen LogP contribution in [0, 0.1) is 0 Å². The fourth-order valence-electron chi connectivity index (χ4n) is 3.12. The zero-order chi connectivity index (χ0) is 23.0. The van der Waals surface area contributed by atoms with Gasteiger partial charge in [0, 0.05) is 71.2 Å². The normalized spacial score (nSPS) is 20.6. The molecule has 0 aliphatic carbocycles. The number of nitrogens with zero attached hydrogens (tertiary/aromatic N) is 4. The maximum atomic E-state index is 11.2. The average molecular weight is 589 g/mol. The summed E-state index contributed by atoms with van der Waals surface area (Å²) in [6.45, 7) is 1.07. The first-order chi connectivity index (χ1) is 13.7. The van der Waals surface area contributed by atoms with Crippen molar-refractivity contribution in [2.75, 3.05) is 84.3 Å². The maximum absolute atomic E-state index is 11.2. The molecule has 0 saturated carbocycles. The van der Waals surface area contributed by atoms with E-state index in [1.807, 2.05) is 0 Å². The van der Waals surface area contributed by atoms with Crippen LogP contribution in [0.4, 0.5) is 0 Å². The minimum Gasteiger partial charge on any atom is -0.810 e. The molecule has 1 aliphatic heterocycles. The molecule has 0 aromatic carbocycles. The molecule has 0 atom stereocenters. The number of hydrogen-bond donors (Lipinski definition) is 0. The van der Waals surface area contributed by atoms with Gasteiger partial charge in [-0.3, -0.25) is 14.7 Å². The fraction of sp³-hybridized carbons (Fsp3) is 1.00. The van der Waals surface area contributed by atoms with Gasteiger partial charge in [-0.2, -0.15) is 0 Å². The van der Waals surface area contributed by atoms with Crippen molar-refractivity contribution in [3.63, 3.8) is 0 Å². The van der Waals surface area contributed by atoms with E-state index in [-0.39, 0.29) is 79.0 Å². The zero-order valence-corrected chi connectivity index (χ0v) is 21.4. The Balaban J connectivity index is 0.00000900. The van der Waals surface area contributed by atoms with Gasteiger partial charge in [-0.25, -0.2) is 0 Å². The Kier molecular flexibility index (Phi) is 14.7. The van der Waals surface area contributed by atoms with Crippen LogP contribution in [0.25, 0.3) is 5.73 Å². The van der Waals surface area contributed by atoms with Crippen LogP contribution in [-0.2, 0) is 33.8 Å². The Labute approximate surface area is 195 Å². The molecule has 0 spiro atoms. The summed E-state index contributed by atoms with van der Waals surface area (Å²) in [5, 5.41) is 0. The third kappa shape index (κ3) is 17.1. The number of rotatable bonds is 8. The second kappa shape index (κ2) is 14.3. The molecule has 14 nitrogen and oxygen atoms in total. The van der Waals surface area contributed by atoms with Gasteiger partial charge >= 0.3 is 20.1 Å². The Bertz CT molecular complexity index is 621. The molecule has 0 amide bonds. The molecule has 1 rings (SSSR count). The average Bonchev–Trinajstić information content (AvgIpc) is 2.53. The number of hydrogen-bond acceptors (Lipinski definition) is 13. The van der Waals surface area contributed by atoms with Gasteiger partial charge < -0.3 is 53.7 Å². The Morgan fingerprint density at radius 1 is 0.548 bits per heavy atom. The molecule has 0 bridgehead atoms. The molecule has 18 heteroatoms. The van der Waals surface area contributed by atoms with Gasteiger partial charge in [-0.1, -0.05) is 22.8 Å². The van der Waals surface area contributed by atoms with Crippen molar-refractivity contribution in [2.24, 2.45) is 0 Å². The summed E-state index contributed by atoms with van der Waals surface area (Å²) in [7, 11) is -14.7. The topological polar surface area (TPSA) is 226 Å². The minimum atomic E-state index is -4.95. The SMILES string of the molecule is [99Tc+7].[NH-]CCN1CCN(CP(=O)([O-])[O-])CCN(CP(=O)([O-])[O-])CCN(CP(=O)([O-])[O-])CC1. The summed E-state index contributed by atoms with van der Waals surface area (Å²) >= 11 is 0. The quantitative estimate of drug-likeness (QED) is 0.242. The van der Waals surface area contributed by atoms with Crippen LogP contribution in [0.5, 0.6) is 0 Å². The first kappa shape index (κ1) is 31.9. The third-order valence-corrected chi connectivity index (χ3v) is 6.72. The van der Waals surface area contributed by atoms with E-state index in [0.29, 0.717) is 6.54 Å². The third-order valence-electron chi connectivity index (χ3n) is 4.48. The van der Waals surface area contributed by atoms with Gasteiger partial charge in [0.25, 0.3) is 0 Å². The Morgan fingerprint density at radius 2 is 0.774 bits per heavy atom. The van der Waals surface area contributed by atoms with Crippen LogP contribution in [0.1, 0.15) is 0 Å². The summed E-state index contributed by atoms with van der Waals surface area (Å²) in [5.74, 6) is 0. The van der Waals surface area contributed by atoms with Gasteiger partial charge in [0.1, 0.15) is 0 Å². The van der Waals surface area contributed by atoms with Crippen molar-refractivity contribution in [3.05, 3.63) is 5.73 Å². The second-order valence-electron chi connectivity index (χ2n) is 7.20. The molecule has 1 saturated heterocycles. The molecule has 1 N–H and O–H groups in total. The molecule has 0 unspecified atom stereocenters. The predicted molar refractivity (Wildman–Crippen MR) is 97.8 cm³/mol. The van der Waals surface area contributed by atoms with E-state index < -0.39 is 41.6 Å². The van der Waals surface area contributed by atoms with E-state index in [1.165, 1.54) is 14.7 Å². The van der Waals surface area contributed by atoms with E-state index in [9.17, 15) is 43.1 Å². The van der Waals surface area contributed by atoms with Crippen LogP contribution in [0.2, 0.25) is 0 Å². The minimum absolute atomic E-state index is 0. The van der Waals surface area contributed by atoms with Crippen LogP contribution < -0.4 is 29.4 Å². The van der Waals surface area contributed by atoms with Gasteiger partial charge in [0.2, 0.25) is 0 Å². The summed E-state index contributed by atoms with van der Waals surface area (Å²) in [6.07, 6.45) is -2.37. The molecule has 180 valence electrons. The van der Waals surface area contributed by atoms with Crippen molar-refractivity contribution in [3.8, 4) is 0 Å². The Morgan fingerprint density at radius 3 is 0.968 bits per heavy atom. The van der Waals surface area contributed by atoms with Gasteiger partial charge in [0.15, 0.2) is 0 Å². The van der Waals surface area contributed by atoms with Gasteiger partial charge in [0.05, 0.1) is 0 Å². The molecule has 0 aromatic rings. The molecule has 1 aliphatic rings. The molecule has 1 heterocycles. The van der Waals surface area contributed by atoms with Crippen molar-refractivity contribution < 1.29 is 63.2 Å². The molecule has 0 radical (unpaired) electrons. The van der Waals surface area contributed by atoms with Gasteiger partial charge in [-0.05, 0) is 6.54 Å². The van der Waals surface area contributed by atoms with E-state index in [1.54, 1.807) is 4.90 Å². The van der Waals surface area contributed by atoms with Crippen molar-refractivity contribution >= 4 is 22.8 Å². The first-order valence-corrected chi connectivity index (χ1v) is 14.4. The Hall–Kier alpha value is 0.899. The van der Waals surface area contributed by atoms with E-state index in [4.69, 9.17) is 5.73 Å². The maximum Gasteiger partial charge on any atom is 7.00 e. The van der Waals surface area contributed by atoms with Crippen molar-refractivity contribution in [1.82, 2.24) is 19.6 Å². The van der Waals surface area contributed by atoms with Crippen LogP contribution in [-0.4, -0.2) is 104 Å². The standard InChI is InChI=1S/C13H33N5O9P3.Tc/c14-1-2-15-3-5-16(11-28(19,20)21)7-9-18(13-30(25,26)27)10-8-17(6-4-15)12-29(22,23)24;/h14H,1-13H2,(H2,19,20,21)(H2,22,23,24)(H2,25,26,27);/q-1;+7/p-6/i;1+1. The number of nitrogens with one attached hydrogen (secondary N) is 1. The second-order valence-corrected chi connectivity index (χ2v) is 11.7. The summed E-state index contributed by atoms with van der Waals surface area (Å²) in [5.41, 5.74) is 7.39. The molecule has 31 heavy (non-hydrogen) atoms. The van der Waals surface area contributed by atoms with Crippen molar-refractivity contribution in [2.45, 2.75) is 0 Å². The van der Waals surface area contributed by atoms with Crippen LogP contribution >= 0.6 is 22.8 Å². The van der Waals surface area contributed by atoms with Crippen LogP contribution in [0.15, 0.2) is 0 Å². The molecule has 1 fully saturated rings. The van der Waals surface area contributed by atoms with E-state index in [0.717, 1.165) is 0 Å². The fourth-order valence-corrected chi connectivity index (χ4v) is 5.44. The van der Waals surface area contributed by atoms with E-state index in [2.05, 4.69) is 0 Å². The predicted octanol–water partition coefficient (Wildman–Crippen LogP) is -5.13. The summed E-state index contributed by atoms with van der Waals surface area (Å²) < 4.78 is 33.6. The summed E-state index contributed by atoms with van der Waals surface area (Å²) in [4.78, 5) is 72.9. The summed E-state index contributed by atoms with van der Waals surface area (Å²) in [6, 6.07) is 0. The van der Waals surface area contributed by atoms with Gasteiger partial charge in [-0.15, -0.1) is 6.54 Å². The van der Waals surface area contributed by atoms with E-state index >= 15 is 0 Å². The smallest absolute Gasteiger partial charge is 0.810 e. The molecule has 0 aromatic heterocycles. The monoisotopic (exact) mass is 589 g/mol. The molecular formula is C13H27N5O9P3Tc. The largest absolute Gasteiger partial charge is 7.00 e.